The summed E-state index contributed by atoms with van der Waals surface area (Å²) in [6, 6.07) is 0. The van der Waals surface area contributed by atoms with Gasteiger partial charge in [-0.1, -0.05) is 6.92 Å². The summed E-state index contributed by atoms with van der Waals surface area (Å²) in [7, 11) is 0. The number of carbonyl (C=O) groups is 2. The highest BCUT2D eigenvalue weighted by Gasteiger charge is 2.21. The minimum atomic E-state index is -0.474. The maximum atomic E-state index is 11.2. The predicted octanol–water partition coefficient (Wildman–Crippen LogP) is 1.77. The van der Waals surface area contributed by atoms with Crippen LogP contribution in [0.25, 0.3) is 0 Å². The van der Waals surface area contributed by atoms with Crippen LogP contribution in [0.4, 0.5) is 0 Å². The second-order valence-electron chi connectivity index (χ2n) is 4.71. The average Bonchev–Trinajstić information content (AvgIpc) is 2.26. The molecular weight excluding hydrogens is 216 g/mol. The van der Waals surface area contributed by atoms with E-state index in [0.29, 0.717) is 18.7 Å². The molecule has 0 atom stereocenters. The van der Waals surface area contributed by atoms with E-state index in [1.54, 1.807) is 13.8 Å². The van der Waals surface area contributed by atoms with Crippen LogP contribution in [0.1, 0.15) is 47.5 Å². The van der Waals surface area contributed by atoms with Crippen LogP contribution in [0.5, 0.6) is 0 Å². The highest BCUT2D eigenvalue weighted by molar-refractivity contribution is 6.38. The summed E-state index contributed by atoms with van der Waals surface area (Å²) in [4.78, 5) is 26.7. The third kappa shape index (κ3) is 6.31. The van der Waals surface area contributed by atoms with Crippen LogP contribution < -0.4 is 5.32 Å². The molecular formula is C13H24N2O2. The van der Waals surface area contributed by atoms with Crippen molar-refractivity contribution in [2.45, 2.75) is 53.0 Å². The van der Waals surface area contributed by atoms with Gasteiger partial charge in [0.15, 0.2) is 5.78 Å². The second kappa shape index (κ2) is 7.33. The molecule has 0 aliphatic heterocycles. The summed E-state index contributed by atoms with van der Waals surface area (Å²) in [6.07, 6.45) is 1.33. The second-order valence-corrected chi connectivity index (χ2v) is 4.71. The number of aliphatic imine (C=N–C) groups is 1. The fourth-order valence-electron chi connectivity index (χ4n) is 1.20. The third-order valence-electron chi connectivity index (χ3n) is 2.86. The van der Waals surface area contributed by atoms with Gasteiger partial charge < -0.3 is 5.32 Å². The summed E-state index contributed by atoms with van der Waals surface area (Å²) >= 11 is 0. The first-order valence-electron chi connectivity index (χ1n) is 6.11. The van der Waals surface area contributed by atoms with E-state index in [-0.39, 0.29) is 11.6 Å². The number of nitrogens with zero attached hydrogens (tertiary/aromatic N) is 1. The molecule has 0 saturated heterocycles. The minimum absolute atomic E-state index is 0.0991. The molecule has 1 N–H and O–H groups in total. The van der Waals surface area contributed by atoms with Gasteiger partial charge >= 0.3 is 0 Å². The molecule has 0 aliphatic carbocycles. The normalized spacial score (nSPS) is 12.6. The molecule has 4 heteroatoms. The van der Waals surface area contributed by atoms with Gasteiger partial charge in [-0.15, -0.1) is 0 Å². The van der Waals surface area contributed by atoms with Gasteiger partial charge in [0.1, 0.15) is 5.78 Å². The lowest BCUT2D eigenvalue weighted by molar-refractivity contribution is -0.122. The number of Topliss-reactive ketones (excluding diaryl/α,β-unsaturated/α-hetero) is 2. The molecule has 0 spiro atoms. The number of nitrogens with one attached hydrogen (secondary N) is 1. The zero-order chi connectivity index (χ0) is 13.5. The Bertz CT molecular complexity index is 307. The number of carbonyl (C=O) groups excluding carboxylic acids is 2. The van der Waals surface area contributed by atoms with E-state index in [1.165, 1.54) is 0 Å². The first-order valence-corrected chi connectivity index (χ1v) is 6.11. The van der Waals surface area contributed by atoms with Gasteiger partial charge in [-0.25, -0.2) is 0 Å². The first kappa shape index (κ1) is 16.0. The van der Waals surface area contributed by atoms with Crippen LogP contribution >= 0.6 is 0 Å². The largest absolute Gasteiger partial charge is 0.305 e. The minimum Gasteiger partial charge on any atom is -0.305 e. The first-order chi connectivity index (χ1) is 7.81. The van der Waals surface area contributed by atoms with Gasteiger partial charge in [0.25, 0.3) is 0 Å². The van der Waals surface area contributed by atoms with Gasteiger partial charge in [-0.3, -0.25) is 14.6 Å². The molecule has 0 aromatic carbocycles. The quantitative estimate of drug-likeness (QED) is 0.519. The predicted molar refractivity (Wildman–Crippen MR) is 70.7 cm³/mol. The topological polar surface area (TPSA) is 58.5 Å². The van der Waals surface area contributed by atoms with E-state index in [1.807, 2.05) is 20.8 Å². The number of hydrogen-bond acceptors (Lipinski definition) is 4. The van der Waals surface area contributed by atoms with Crippen molar-refractivity contribution >= 4 is 17.3 Å². The molecule has 0 saturated carbocycles. The molecule has 17 heavy (non-hydrogen) atoms. The maximum absolute atomic E-state index is 11.2. The van der Waals surface area contributed by atoms with E-state index < -0.39 is 5.54 Å². The standard InChI is InChI=1S/C13H24N2O2/c1-6-12(17)10(2)14-8-7-9-15-13(4,5)11(3)16/h15H,6-9H2,1-5H3. The van der Waals surface area contributed by atoms with Crippen LogP contribution in [0, 0.1) is 0 Å². The summed E-state index contributed by atoms with van der Waals surface area (Å²) in [6.45, 7) is 10.2. The third-order valence-corrected chi connectivity index (χ3v) is 2.86. The fraction of sp³-hybridized carbons (Fsp3) is 0.769. The van der Waals surface area contributed by atoms with E-state index in [0.717, 1.165) is 13.0 Å². The molecule has 0 unspecified atom stereocenters. The van der Waals surface area contributed by atoms with E-state index in [4.69, 9.17) is 0 Å². The number of hydrogen-bond donors (Lipinski definition) is 1. The molecule has 0 aromatic heterocycles. The van der Waals surface area contributed by atoms with Gasteiger partial charge in [0.05, 0.1) is 11.3 Å². The lowest BCUT2D eigenvalue weighted by Crippen LogP contribution is -2.46. The molecule has 0 fully saturated rings. The van der Waals surface area contributed by atoms with Crippen LogP contribution in [0.2, 0.25) is 0 Å². The Balaban J connectivity index is 3.87. The molecule has 0 aromatic rings. The van der Waals surface area contributed by atoms with Crippen molar-refractivity contribution in [2.24, 2.45) is 4.99 Å². The van der Waals surface area contributed by atoms with E-state index in [9.17, 15) is 9.59 Å². The van der Waals surface area contributed by atoms with Crippen molar-refractivity contribution in [1.29, 1.82) is 0 Å². The van der Waals surface area contributed by atoms with Crippen LogP contribution in [-0.4, -0.2) is 35.9 Å². The lowest BCUT2D eigenvalue weighted by Gasteiger charge is -2.22. The van der Waals surface area contributed by atoms with Crippen molar-refractivity contribution < 1.29 is 9.59 Å². The number of ketones is 2. The van der Waals surface area contributed by atoms with Crippen molar-refractivity contribution in [1.82, 2.24) is 5.32 Å². The Morgan fingerprint density at radius 2 is 1.82 bits per heavy atom. The van der Waals surface area contributed by atoms with Crippen LogP contribution in [0.3, 0.4) is 0 Å². The fourth-order valence-corrected chi connectivity index (χ4v) is 1.20. The van der Waals surface area contributed by atoms with Crippen molar-refractivity contribution in [3.8, 4) is 0 Å². The summed E-state index contributed by atoms with van der Waals surface area (Å²) < 4.78 is 0. The van der Waals surface area contributed by atoms with Gasteiger partial charge in [0.2, 0.25) is 0 Å². The molecule has 0 bridgehead atoms. The van der Waals surface area contributed by atoms with Crippen LogP contribution in [-0.2, 0) is 9.59 Å². The molecule has 0 amide bonds. The van der Waals surface area contributed by atoms with E-state index >= 15 is 0 Å². The van der Waals surface area contributed by atoms with Crippen LogP contribution in [0.15, 0.2) is 4.99 Å². The van der Waals surface area contributed by atoms with Gasteiger partial charge in [-0.2, -0.15) is 0 Å². The smallest absolute Gasteiger partial charge is 0.176 e. The Labute approximate surface area is 104 Å². The zero-order valence-corrected chi connectivity index (χ0v) is 11.6. The summed E-state index contributed by atoms with van der Waals surface area (Å²) in [5, 5.41) is 3.17. The highest BCUT2D eigenvalue weighted by atomic mass is 16.1. The molecule has 4 nitrogen and oxygen atoms in total. The lowest BCUT2D eigenvalue weighted by atomic mass is 10.0. The van der Waals surface area contributed by atoms with E-state index in [2.05, 4.69) is 10.3 Å². The number of rotatable bonds is 8. The molecule has 0 radical (unpaired) electrons. The SMILES string of the molecule is CCC(=O)C(C)=NCCCNC(C)(C)C(C)=O. The van der Waals surface area contributed by atoms with Crippen molar-refractivity contribution in [3.05, 3.63) is 0 Å². The van der Waals surface area contributed by atoms with Crippen molar-refractivity contribution in [2.75, 3.05) is 13.1 Å². The Kier molecular flexibility index (Phi) is 6.88. The monoisotopic (exact) mass is 240 g/mol. The summed E-state index contributed by atoms with van der Waals surface area (Å²) in [5.41, 5.74) is 0.121. The Morgan fingerprint density at radius 1 is 1.24 bits per heavy atom. The van der Waals surface area contributed by atoms with Crippen molar-refractivity contribution in [3.63, 3.8) is 0 Å². The molecule has 98 valence electrons. The summed E-state index contributed by atoms with van der Waals surface area (Å²) in [5.74, 6) is 0.223. The molecule has 0 aliphatic rings. The average molecular weight is 240 g/mol. The van der Waals surface area contributed by atoms with Gasteiger partial charge in [0, 0.05) is 13.0 Å². The Morgan fingerprint density at radius 3 is 2.29 bits per heavy atom. The van der Waals surface area contributed by atoms with Gasteiger partial charge in [-0.05, 0) is 40.7 Å². The highest BCUT2D eigenvalue weighted by Crippen LogP contribution is 2.02. The zero-order valence-electron chi connectivity index (χ0n) is 11.6. The molecule has 0 rings (SSSR count). The molecule has 0 heterocycles. The Hall–Kier alpha value is -1.03. The maximum Gasteiger partial charge on any atom is 0.176 e.